The average Bonchev–Trinajstić information content (AvgIpc) is 3.31. The molecule has 5 rings (SSSR count). The maximum absolute atomic E-state index is 13.5. The summed E-state index contributed by atoms with van der Waals surface area (Å²) in [6, 6.07) is 11.1. The first-order chi connectivity index (χ1) is 15.0. The van der Waals surface area contributed by atoms with Crippen LogP contribution in [0.2, 0.25) is 0 Å². The molecule has 1 aliphatic rings. The Morgan fingerprint density at radius 1 is 1.16 bits per heavy atom. The Labute approximate surface area is 181 Å². The summed E-state index contributed by atoms with van der Waals surface area (Å²) in [7, 11) is 0. The lowest BCUT2D eigenvalue weighted by molar-refractivity contribution is 0.0970. The number of anilines is 1. The number of hydrogen-bond donors (Lipinski definition) is 1. The minimum Gasteiger partial charge on any atom is -0.508 e. The number of aryl methyl sites for hydroxylation is 2. The summed E-state index contributed by atoms with van der Waals surface area (Å²) in [5.74, 6) is -0.396. The van der Waals surface area contributed by atoms with Gasteiger partial charge in [0.25, 0.3) is 5.91 Å². The van der Waals surface area contributed by atoms with E-state index in [-0.39, 0.29) is 22.5 Å². The predicted octanol–water partition coefficient (Wildman–Crippen LogP) is 4.36. The van der Waals surface area contributed by atoms with E-state index in [1.807, 2.05) is 19.9 Å². The maximum Gasteiger partial charge on any atom is 0.297 e. The molecule has 156 valence electrons. The summed E-state index contributed by atoms with van der Waals surface area (Å²) in [4.78, 5) is 28.5. The summed E-state index contributed by atoms with van der Waals surface area (Å²) in [6.07, 6.45) is 1.66. The van der Waals surface area contributed by atoms with Gasteiger partial charge in [0.2, 0.25) is 10.9 Å². The first-order valence-electron chi connectivity index (χ1n) is 10.00. The molecule has 0 spiro atoms. The number of rotatable bonds is 4. The molecule has 0 aliphatic carbocycles. The van der Waals surface area contributed by atoms with Crippen molar-refractivity contribution in [3.63, 3.8) is 0 Å². The first kappa shape index (κ1) is 19.4. The van der Waals surface area contributed by atoms with Crippen LogP contribution in [0.15, 0.2) is 51.7 Å². The Bertz CT molecular complexity index is 1390. The lowest BCUT2D eigenvalue weighted by Gasteiger charge is -2.22. The highest BCUT2D eigenvalue weighted by molar-refractivity contribution is 7.15. The molecule has 4 aromatic rings. The molecule has 31 heavy (non-hydrogen) atoms. The van der Waals surface area contributed by atoms with Crippen LogP contribution in [0.4, 0.5) is 5.13 Å². The van der Waals surface area contributed by atoms with Gasteiger partial charge >= 0.3 is 0 Å². The zero-order valence-corrected chi connectivity index (χ0v) is 17.8. The monoisotopic (exact) mass is 433 g/mol. The van der Waals surface area contributed by atoms with Crippen LogP contribution < -0.4 is 10.3 Å². The van der Waals surface area contributed by atoms with Gasteiger partial charge in [0.05, 0.1) is 17.0 Å². The number of phenols is 1. The second-order valence-electron chi connectivity index (χ2n) is 7.57. The number of hydrogen-bond acceptors (Lipinski definition) is 7. The molecule has 7 nitrogen and oxygen atoms in total. The number of aromatic hydroxyl groups is 1. The fourth-order valence-electron chi connectivity index (χ4n) is 3.95. The Morgan fingerprint density at radius 3 is 2.77 bits per heavy atom. The van der Waals surface area contributed by atoms with Gasteiger partial charge in [-0.05, 0) is 43.2 Å². The number of fused-ring (bicyclic) bond motifs is 2. The van der Waals surface area contributed by atoms with Gasteiger partial charge in [0.15, 0.2) is 5.43 Å². The third kappa shape index (κ3) is 3.11. The normalized spacial score (nSPS) is 15.6. The van der Waals surface area contributed by atoms with Gasteiger partial charge in [-0.15, -0.1) is 10.2 Å². The minimum absolute atomic E-state index is 0.00179. The van der Waals surface area contributed by atoms with Crippen molar-refractivity contribution < 1.29 is 14.3 Å². The molecule has 0 fully saturated rings. The summed E-state index contributed by atoms with van der Waals surface area (Å²) in [5, 5.41) is 20.1. The van der Waals surface area contributed by atoms with Crippen molar-refractivity contribution in [2.75, 3.05) is 4.90 Å². The van der Waals surface area contributed by atoms with E-state index in [4.69, 9.17) is 4.42 Å². The molecule has 1 amide bonds. The number of aromatic nitrogens is 2. The number of carbonyl (C=O) groups is 1. The van der Waals surface area contributed by atoms with E-state index in [0.717, 1.165) is 23.4 Å². The lowest BCUT2D eigenvalue weighted by Crippen LogP contribution is -2.29. The Morgan fingerprint density at radius 2 is 2.00 bits per heavy atom. The SMILES string of the molecule is CCCc1nnc(N2C(=O)c3oc4ccc(C)cc4c(=O)c3C2c2cccc(O)c2)s1. The van der Waals surface area contributed by atoms with Crippen LogP contribution in [0.1, 0.15) is 51.6 Å². The molecule has 0 saturated heterocycles. The first-order valence-corrected chi connectivity index (χ1v) is 10.8. The molecule has 0 bridgehead atoms. The van der Waals surface area contributed by atoms with Gasteiger partial charge in [0, 0.05) is 6.42 Å². The van der Waals surface area contributed by atoms with Crippen LogP contribution >= 0.6 is 11.3 Å². The molecule has 1 aliphatic heterocycles. The van der Waals surface area contributed by atoms with Gasteiger partial charge in [-0.1, -0.05) is 42.0 Å². The van der Waals surface area contributed by atoms with Gasteiger partial charge in [-0.25, -0.2) is 0 Å². The number of nitrogens with zero attached hydrogens (tertiary/aromatic N) is 3. The number of benzene rings is 2. The Balaban J connectivity index is 1.78. The summed E-state index contributed by atoms with van der Waals surface area (Å²) >= 11 is 1.32. The largest absolute Gasteiger partial charge is 0.508 e. The molecule has 3 heterocycles. The highest BCUT2D eigenvalue weighted by atomic mass is 32.1. The van der Waals surface area contributed by atoms with Crippen molar-refractivity contribution >= 4 is 33.3 Å². The standard InChI is InChI=1S/C23H19N3O4S/c1-3-5-17-24-25-23(31-17)26-19(13-6-4-7-14(27)11-13)18-20(28)15-10-12(2)8-9-16(15)30-21(18)22(26)29/h4,6-11,19,27H,3,5H2,1-2H3. The Kier molecular flexibility index (Phi) is 4.59. The van der Waals surface area contributed by atoms with Gasteiger partial charge < -0.3 is 9.52 Å². The van der Waals surface area contributed by atoms with E-state index in [2.05, 4.69) is 10.2 Å². The van der Waals surface area contributed by atoms with E-state index >= 15 is 0 Å². The molecule has 8 heteroatoms. The molecule has 2 aromatic carbocycles. The molecule has 1 N–H and O–H groups in total. The van der Waals surface area contributed by atoms with Crippen LogP contribution in [0.5, 0.6) is 5.75 Å². The van der Waals surface area contributed by atoms with Crippen LogP contribution in [-0.2, 0) is 6.42 Å². The van der Waals surface area contributed by atoms with Crippen LogP contribution in [-0.4, -0.2) is 21.2 Å². The zero-order chi connectivity index (χ0) is 21.7. The van der Waals surface area contributed by atoms with Gasteiger partial charge in [-0.3, -0.25) is 14.5 Å². The van der Waals surface area contributed by atoms with Crippen molar-refractivity contribution in [3.05, 3.63) is 80.1 Å². The highest BCUT2D eigenvalue weighted by Gasteiger charge is 2.45. The molecular formula is C23H19N3O4S. The summed E-state index contributed by atoms with van der Waals surface area (Å²) in [6.45, 7) is 3.94. The van der Waals surface area contributed by atoms with E-state index in [1.54, 1.807) is 36.4 Å². The minimum atomic E-state index is -0.766. The van der Waals surface area contributed by atoms with Crippen molar-refractivity contribution in [2.45, 2.75) is 32.7 Å². The van der Waals surface area contributed by atoms with Crippen molar-refractivity contribution in [1.29, 1.82) is 0 Å². The summed E-state index contributed by atoms with van der Waals surface area (Å²) < 4.78 is 5.94. The second-order valence-corrected chi connectivity index (χ2v) is 8.62. The van der Waals surface area contributed by atoms with Crippen molar-refractivity contribution in [3.8, 4) is 5.75 Å². The Hall–Kier alpha value is -3.52. The van der Waals surface area contributed by atoms with Crippen LogP contribution in [0.25, 0.3) is 11.0 Å². The van der Waals surface area contributed by atoms with E-state index in [9.17, 15) is 14.7 Å². The lowest BCUT2D eigenvalue weighted by atomic mass is 9.98. The van der Waals surface area contributed by atoms with E-state index in [1.165, 1.54) is 16.2 Å². The molecule has 0 saturated carbocycles. The van der Waals surface area contributed by atoms with Crippen molar-refractivity contribution in [1.82, 2.24) is 10.2 Å². The molecule has 2 aromatic heterocycles. The molecule has 0 radical (unpaired) electrons. The smallest absolute Gasteiger partial charge is 0.297 e. The van der Waals surface area contributed by atoms with E-state index in [0.29, 0.717) is 21.7 Å². The van der Waals surface area contributed by atoms with Gasteiger partial charge in [0.1, 0.15) is 16.3 Å². The summed E-state index contributed by atoms with van der Waals surface area (Å²) in [5.41, 5.74) is 1.87. The maximum atomic E-state index is 13.5. The van der Waals surface area contributed by atoms with E-state index < -0.39 is 11.9 Å². The molecule has 1 unspecified atom stereocenters. The number of amides is 1. The predicted molar refractivity (Wildman–Crippen MR) is 118 cm³/mol. The second kappa shape index (κ2) is 7.31. The topological polar surface area (TPSA) is 96.5 Å². The fraction of sp³-hybridized carbons (Fsp3) is 0.217. The average molecular weight is 433 g/mol. The number of phenolic OH excluding ortho intramolecular Hbond substituents is 1. The quantitative estimate of drug-likeness (QED) is 0.514. The third-order valence-electron chi connectivity index (χ3n) is 5.34. The van der Waals surface area contributed by atoms with Crippen LogP contribution in [0.3, 0.4) is 0 Å². The molecular weight excluding hydrogens is 414 g/mol. The zero-order valence-electron chi connectivity index (χ0n) is 17.0. The third-order valence-corrected chi connectivity index (χ3v) is 6.32. The molecule has 1 atom stereocenters. The van der Waals surface area contributed by atoms with Crippen LogP contribution in [0, 0.1) is 6.92 Å². The highest BCUT2D eigenvalue weighted by Crippen LogP contribution is 2.42. The fourth-order valence-corrected chi connectivity index (χ4v) is 4.92. The van der Waals surface area contributed by atoms with Gasteiger partial charge in [-0.2, -0.15) is 0 Å². The number of carbonyl (C=O) groups excluding carboxylic acids is 1. The van der Waals surface area contributed by atoms with Crippen molar-refractivity contribution in [2.24, 2.45) is 0 Å².